The highest BCUT2D eigenvalue weighted by atomic mass is 79.9. The van der Waals surface area contributed by atoms with Crippen molar-refractivity contribution in [1.82, 2.24) is 4.31 Å². The molecule has 9 heteroatoms. The Balaban J connectivity index is 1.65. The van der Waals surface area contributed by atoms with Gasteiger partial charge in [-0.25, -0.2) is 12.8 Å². The van der Waals surface area contributed by atoms with Gasteiger partial charge < -0.3 is 5.32 Å². The molecule has 1 aliphatic heterocycles. The Kier molecular flexibility index (Phi) is 6.44. The van der Waals surface area contributed by atoms with Crippen molar-refractivity contribution in [2.75, 3.05) is 18.4 Å². The number of halogens is 3. The van der Waals surface area contributed by atoms with Crippen molar-refractivity contribution in [2.45, 2.75) is 24.7 Å². The van der Waals surface area contributed by atoms with E-state index in [9.17, 15) is 17.6 Å². The van der Waals surface area contributed by atoms with E-state index in [0.29, 0.717) is 12.8 Å². The summed E-state index contributed by atoms with van der Waals surface area (Å²) in [6, 6.07) is 8.99. The number of piperidine rings is 1. The van der Waals surface area contributed by atoms with Crippen LogP contribution >= 0.6 is 27.5 Å². The molecule has 1 N–H and O–H groups in total. The first kappa shape index (κ1) is 21.2. The highest BCUT2D eigenvalue weighted by Crippen LogP contribution is 2.28. The summed E-state index contributed by atoms with van der Waals surface area (Å²) in [5.74, 6) is -1.07. The van der Waals surface area contributed by atoms with E-state index < -0.39 is 15.8 Å². The van der Waals surface area contributed by atoms with Crippen LogP contribution in [0.1, 0.15) is 18.4 Å². The van der Waals surface area contributed by atoms with Gasteiger partial charge in [-0.15, -0.1) is 0 Å². The van der Waals surface area contributed by atoms with Gasteiger partial charge in [0.2, 0.25) is 15.9 Å². The van der Waals surface area contributed by atoms with E-state index in [0.717, 1.165) is 27.9 Å². The van der Waals surface area contributed by atoms with Crippen molar-refractivity contribution < 1.29 is 17.6 Å². The predicted octanol–water partition coefficient (Wildman–Crippen LogP) is 4.59. The van der Waals surface area contributed by atoms with Crippen molar-refractivity contribution in [3.63, 3.8) is 0 Å². The average molecular weight is 490 g/mol. The second-order valence-electron chi connectivity index (χ2n) is 6.70. The fourth-order valence-corrected chi connectivity index (χ4v) is 5.21. The summed E-state index contributed by atoms with van der Waals surface area (Å²) < 4.78 is 41.0. The van der Waals surface area contributed by atoms with Gasteiger partial charge >= 0.3 is 0 Å². The van der Waals surface area contributed by atoms with Crippen molar-refractivity contribution in [2.24, 2.45) is 5.92 Å². The number of anilines is 1. The third-order valence-corrected chi connectivity index (χ3v) is 7.49. The summed E-state index contributed by atoms with van der Waals surface area (Å²) in [6.07, 6.45) is 0.820. The summed E-state index contributed by atoms with van der Waals surface area (Å²) in [5.41, 5.74) is 1.68. The smallest absolute Gasteiger partial charge is 0.243 e. The highest BCUT2D eigenvalue weighted by Gasteiger charge is 2.32. The number of sulfonamides is 1. The second-order valence-corrected chi connectivity index (χ2v) is 9.96. The Labute approximate surface area is 177 Å². The maximum atomic E-state index is 13.3. The van der Waals surface area contributed by atoms with Crippen LogP contribution in [-0.4, -0.2) is 31.7 Å². The second kappa shape index (κ2) is 8.49. The van der Waals surface area contributed by atoms with E-state index in [1.54, 1.807) is 0 Å². The fraction of sp³-hybridized carbons (Fsp3) is 0.316. The monoisotopic (exact) mass is 488 g/mol. The van der Waals surface area contributed by atoms with Crippen molar-refractivity contribution in [3.8, 4) is 0 Å². The molecule has 0 saturated carbocycles. The minimum Gasteiger partial charge on any atom is -0.326 e. The van der Waals surface area contributed by atoms with E-state index >= 15 is 0 Å². The van der Waals surface area contributed by atoms with Crippen molar-refractivity contribution in [3.05, 3.63) is 57.3 Å². The van der Waals surface area contributed by atoms with Gasteiger partial charge in [0.25, 0.3) is 0 Å². The predicted molar refractivity (Wildman–Crippen MR) is 110 cm³/mol. The lowest BCUT2D eigenvalue weighted by Crippen LogP contribution is -2.41. The van der Waals surface area contributed by atoms with Crippen LogP contribution in [0, 0.1) is 18.7 Å². The summed E-state index contributed by atoms with van der Waals surface area (Å²) in [6.45, 7) is 2.34. The molecule has 1 heterocycles. The molecule has 0 aromatic heterocycles. The van der Waals surface area contributed by atoms with Crippen molar-refractivity contribution >= 4 is 49.1 Å². The van der Waals surface area contributed by atoms with E-state index in [1.807, 2.05) is 25.1 Å². The van der Waals surface area contributed by atoms with Gasteiger partial charge in [-0.3, -0.25) is 4.79 Å². The number of hydrogen-bond donors (Lipinski definition) is 1. The summed E-state index contributed by atoms with van der Waals surface area (Å²) >= 11 is 9.10. The first-order valence-corrected chi connectivity index (χ1v) is 11.3. The molecular formula is C19H19BrClFN2O3S. The Hall–Kier alpha value is -1.48. The number of amides is 1. The maximum Gasteiger partial charge on any atom is 0.243 e. The quantitative estimate of drug-likeness (QED) is 0.683. The number of carbonyl (C=O) groups excluding carboxylic acids is 1. The lowest BCUT2D eigenvalue weighted by molar-refractivity contribution is -0.120. The molecule has 1 saturated heterocycles. The van der Waals surface area contributed by atoms with E-state index in [-0.39, 0.29) is 34.8 Å². The van der Waals surface area contributed by atoms with Crippen LogP contribution in [0.2, 0.25) is 5.02 Å². The van der Waals surface area contributed by atoms with Crippen LogP contribution in [0.25, 0.3) is 0 Å². The summed E-state index contributed by atoms with van der Waals surface area (Å²) in [7, 11) is -3.78. The molecular weight excluding hydrogens is 471 g/mol. The molecule has 0 aliphatic carbocycles. The van der Waals surface area contributed by atoms with Crippen LogP contribution in [-0.2, 0) is 14.8 Å². The third kappa shape index (κ3) is 4.56. The highest BCUT2D eigenvalue weighted by molar-refractivity contribution is 9.10. The van der Waals surface area contributed by atoms with Gasteiger partial charge in [-0.05, 0) is 55.7 Å². The lowest BCUT2D eigenvalue weighted by Gasteiger charge is -2.30. The Morgan fingerprint density at radius 3 is 2.54 bits per heavy atom. The Morgan fingerprint density at radius 1 is 1.21 bits per heavy atom. The minimum absolute atomic E-state index is 0.0495. The van der Waals surface area contributed by atoms with Crippen LogP contribution in [0.15, 0.2) is 45.8 Å². The van der Waals surface area contributed by atoms with Crippen LogP contribution < -0.4 is 5.32 Å². The topological polar surface area (TPSA) is 66.5 Å². The first-order valence-electron chi connectivity index (χ1n) is 8.70. The van der Waals surface area contributed by atoms with E-state index in [4.69, 9.17) is 11.6 Å². The molecule has 0 radical (unpaired) electrons. The molecule has 0 spiro atoms. The molecule has 28 heavy (non-hydrogen) atoms. The molecule has 0 bridgehead atoms. The largest absolute Gasteiger partial charge is 0.326 e. The summed E-state index contributed by atoms with van der Waals surface area (Å²) in [5, 5.41) is 2.69. The van der Waals surface area contributed by atoms with Gasteiger partial charge in [-0.1, -0.05) is 33.6 Å². The van der Waals surface area contributed by atoms with Crippen LogP contribution in [0.5, 0.6) is 0 Å². The average Bonchev–Trinajstić information content (AvgIpc) is 2.67. The standard InChI is InChI=1S/C19H19BrClFN2O3S/c1-12-2-3-14(20)10-18(12)23-19(25)13-6-8-24(9-7-13)28(26,27)15-4-5-17(22)16(21)11-15/h2-5,10-11,13H,6-9H2,1H3,(H,23,25). The zero-order chi connectivity index (χ0) is 20.5. The third-order valence-electron chi connectivity index (χ3n) is 4.81. The van der Waals surface area contributed by atoms with Crippen LogP contribution in [0.3, 0.4) is 0 Å². The zero-order valence-corrected chi connectivity index (χ0v) is 18.2. The van der Waals surface area contributed by atoms with Gasteiger partial charge in [0, 0.05) is 29.2 Å². The first-order chi connectivity index (χ1) is 13.2. The Morgan fingerprint density at radius 2 is 1.89 bits per heavy atom. The van der Waals surface area contributed by atoms with Gasteiger partial charge in [0.1, 0.15) is 5.82 Å². The molecule has 1 fully saturated rings. The number of rotatable bonds is 4. The molecule has 2 aromatic carbocycles. The number of aryl methyl sites for hydroxylation is 1. The molecule has 0 atom stereocenters. The molecule has 3 rings (SSSR count). The lowest BCUT2D eigenvalue weighted by atomic mass is 9.97. The SMILES string of the molecule is Cc1ccc(Br)cc1NC(=O)C1CCN(S(=O)(=O)c2ccc(F)c(Cl)c2)CC1. The molecule has 150 valence electrons. The number of benzene rings is 2. The number of hydrogen-bond acceptors (Lipinski definition) is 3. The molecule has 0 unspecified atom stereocenters. The molecule has 2 aromatic rings. The normalized spacial score (nSPS) is 16.1. The molecule has 1 amide bonds. The van der Waals surface area contributed by atoms with Gasteiger partial charge in [0.15, 0.2) is 0 Å². The summed E-state index contributed by atoms with van der Waals surface area (Å²) in [4.78, 5) is 12.5. The fourth-order valence-electron chi connectivity index (χ4n) is 3.11. The van der Waals surface area contributed by atoms with Gasteiger partial charge in [-0.2, -0.15) is 4.31 Å². The zero-order valence-electron chi connectivity index (χ0n) is 15.1. The van der Waals surface area contributed by atoms with Gasteiger partial charge in [0.05, 0.1) is 9.92 Å². The molecule has 1 aliphatic rings. The van der Waals surface area contributed by atoms with E-state index in [2.05, 4.69) is 21.2 Å². The van der Waals surface area contributed by atoms with Crippen LogP contribution in [0.4, 0.5) is 10.1 Å². The Bertz CT molecular complexity index is 1010. The molecule has 5 nitrogen and oxygen atoms in total. The number of nitrogens with one attached hydrogen (secondary N) is 1. The number of nitrogens with zero attached hydrogens (tertiary/aromatic N) is 1. The van der Waals surface area contributed by atoms with E-state index in [1.165, 1.54) is 10.4 Å². The number of carbonyl (C=O) groups is 1. The maximum absolute atomic E-state index is 13.3. The minimum atomic E-state index is -3.78. The van der Waals surface area contributed by atoms with Crippen molar-refractivity contribution in [1.29, 1.82) is 0 Å².